The standard InChI is InChI=1S/C12H10N2O2S/c13-9-6-7-11(14(15)16)12(8-9)17-10-4-2-1-3-5-10/h1-8H,13H2. The molecular formula is C12H10N2O2S. The van der Waals surface area contributed by atoms with E-state index in [1.54, 1.807) is 6.07 Å². The van der Waals surface area contributed by atoms with Crippen molar-refractivity contribution in [1.29, 1.82) is 0 Å². The molecule has 86 valence electrons. The number of nitrogens with zero attached hydrogens (tertiary/aromatic N) is 1. The van der Waals surface area contributed by atoms with Gasteiger partial charge < -0.3 is 5.73 Å². The smallest absolute Gasteiger partial charge is 0.283 e. The molecule has 2 rings (SSSR count). The van der Waals surface area contributed by atoms with Gasteiger partial charge in [-0.2, -0.15) is 0 Å². The molecule has 0 heterocycles. The SMILES string of the molecule is Nc1ccc([N+](=O)[O-])c(Sc2ccccc2)c1. The van der Waals surface area contributed by atoms with E-state index >= 15 is 0 Å². The monoisotopic (exact) mass is 246 g/mol. The summed E-state index contributed by atoms with van der Waals surface area (Å²) in [6.07, 6.45) is 0. The fourth-order valence-electron chi connectivity index (χ4n) is 1.38. The van der Waals surface area contributed by atoms with Gasteiger partial charge in [0, 0.05) is 16.6 Å². The largest absolute Gasteiger partial charge is 0.399 e. The van der Waals surface area contributed by atoms with Crippen molar-refractivity contribution in [3.05, 3.63) is 58.6 Å². The maximum absolute atomic E-state index is 10.9. The van der Waals surface area contributed by atoms with Crippen LogP contribution in [-0.4, -0.2) is 4.92 Å². The summed E-state index contributed by atoms with van der Waals surface area (Å²) in [5.41, 5.74) is 6.24. The third-order valence-corrected chi connectivity index (χ3v) is 3.21. The third kappa shape index (κ3) is 2.76. The lowest BCUT2D eigenvalue weighted by Gasteiger charge is -2.03. The Morgan fingerprint density at radius 3 is 2.47 bits per heavy atom. The molecule has 2 aromatic rings. The Kier molecular flexibility index (Phi) is 3.30. The van der Waals surface area contributed by atoms with Crippen molar-refractivity contribution in [3.8, 4) is 0 Å². The number of anilines is 1. The average Bonchev–Trinajstić information content (AvgIpc) is 2.30. The quantitative estimate of drug-likeness (QED) is 0.512. The summed E-state index contributed by atoms with van der Waals surface area (Å²) < 4.78 is 0. The normalized spacial score (nSPS) is 10.1. The van der Waals surface area contributed by atoms with Crippen LogP contribution in [0.5, 0.6) is 0 Å². The Balaban J connectivity index is 2.37. The highest BCUT2D eigenvalue weighted by atomic mass is 32.2. The van der Waals surface area contributed by atoms with Gasteiger partial charge in [0.1, 0.15) is 0 Å². The first-order valence-corrected chi connectivity index (χ1v) is 5.75. The number of hydrogen-bond donors (Lipinski definition) is 1. The highest BCUT2D eigenvalue weighted by molar-refractivity contribution is 7.99. The van der Waals surface area contributed by atoms with E-state index in [1.165, 1.54) is 23.9 Å². The summed E-state index contributed by atoms with van der Waals surface area (Å²) in [4.78, 5) is 12.0. The van der Waals surface area contributed by atoms with Gasteiger partial charge in [0.05, 0.1) is 9.82 Å². The molecule has 0 aliphatic carbocycles. The first-order valence-electron chi connectivity index (χ1n) is 4.93. The molecule has 17 heavy (non-hydrogen) atoms. The van der Waals surface area contributed by atoms with E-state index in [0.29, 0.717) is 10.6 Å². The van der Waals surface area contributed by atoms with Gasteiger partial charge in [-0.15, -0.1) is 0 Å². The number of benzene rings is 2. The molecule has 0 atom stereocenters. The van der Waals surface area contributed by atoms with Crippen molar-refractivity contribution in [1.82, 2.24) is 0 Å². The highest BCUT2D eigenvalue weighted by Gasteiger charge is 2.14. The molecule has 0 saturated carbocycles. The number of hydrogen-bond acceptors (Lipinski definition) is 4. The minimum atomic E-state index is -0.398. The maximum Gasteiger partial charge on any atom is 0.283 e. The van der Waals surface area contributed by atoms with Gasteiger partial charge in [0.15, 0.2) is 0 Å². The van der Waals surface area contributed by atoms with Crippen molar-refractivity contribution in [3.63, 3.8) is 0 Å². The first kappa shape index (κ1) is 11.5. The molecule has 0 aliphatic rings. The second-order valence-corrected chi connectivity index (χ2v) is 4.51. The lowest BCUT2D eigenvalue weighted by molar-refractivity contribution is -0.387. The number of rotatable bonds is 3. The fourth-order valence-corrected chi connectivity index (χ4v) is 2.37. The minimum absolute atomic E-state index is 0.0769. The second kappa shape index (κ2) is 4.88. The topological polar surface area (TPSA) is 69.2 Å². The van der Waals surface area contributed by atoms with E-state index in [0.717, 1.165) is 4.90 Å². The van der Waals surface area contributed by atoms with Gasteiger partial charge in [-0.1, -0.05) is 30.0 Å². The van der Waals surface area contributed by atoms with E-state index < -0.39 is 4.92 Å². The van der Waals surface area contributed by atoms with Crippen LogP contribution < -0.4 is 5.73 Å². The van der Waals surface area contributed by atoms with Crippen LogP contribution in [-0.2, 0) is 0 Å². The van der Waals surface area contributed by atoms with Crippen LogP contribution in [0.4, 0.5) is 11.4 Å². The highest BCUT2D eigenvalue weighted by Crippen LogP contribution is 2.35. The Hall–Kier alpha value is -2.01. The van der Waals surface area contributed by atoms with E-state index in [9.17, 15) is 10.1 Å². The molecule has 4 nitrogen and oxygen atoms in total. The van der Waals surface area contributed by atoms with Crippen molar-refractivity contribution in [2.45, 2.75) is 9.79 Å². The van der Waals surface area contributed by atoms with Crippen LogP contribution in [0.3, 0.4) is 0 Å². The maximum atomic E-state index is 10.9. The van der Waals surface area contributed by atoms with Crippen LogP contribution in [0, 0.1) is 10.1 Å². The van der Waals surface area contributed by atoms with Crippen molar-refractivity contribution in [2.24, 2.45) is 0 Å². The zero-order valence-corrected chi connectivity index (χ0v) is 9.68. The Labute approximate surface area is 103 Å². The van der Waals surface area contributed by atoms with E-state index in [1.807, 2.05) is 30.3 Å². The number of nitro benzene ring substituents is 1. The summed E-state index contributed by atoms with van der Waals surface area (Å²) in [7, 11) is 0. The van der Waals surface area contributed by atoms with Crippen molar-refractivity contribution >= 4 is 23.1 Å². The van der Waals surface area contributed by atoms with Gasteiger partial charge in [-0.3, -0.25) is 10.1 Å². The third-order valence-electron chi connectivity index (χ3n) is 2.15. The molecular weight excluding hydrogens is 236 g/mol. The summed E-state index contributed by atoms with van der Waals surface area (Å²) in [6, 6.07) is 14.1. The van der Waals surface area contributed by atoms with Crippen LogP contribution in [0.1, 0.15) is 0 Å². The Bertz CT molecular complexity index is 543. The molecule has 0 radical (unpaired) electrons. The minimum Gasteiger partial charge on any atom is -0.399 e. The van der Waals surface area contributed by atoms with Gasteiger partial charge in [-0.25, -0.2) is 0 Å². The predicted molar refractivity (Wildman–Crippen MR) is 68.1 cm³/mol. The van der Waals surface area contributed by atoms with Gasteiger partial charge in [-0.05, 0) is 24.3 Å². The fraction of sp³-hybridized carbons (Fsp3) is 0. The first-order chi connectivity index (χ1) is 8.16. The number of nitrogens with two attached hydrogens (primary N) is 1. The van der Waals surface area contributed by atoms with Crippen molar-refractivity contribution < 1.29 is 4.92 Å². The predicted octanol–water partition coefficient (Wildman–Crippen LogP) is 3.33. The second-order valence-electron chi connectivity index (χ2n) is 3.40. The molecule has 0 amide bonds. The lowest BCUT2D eigenvalue weighted by atomic mass is 10.3. The molecule has 2 aromatic carbocycles. The van der Waals surface area contributed by atoms with E-state index in [4.69, 9.17) is 5.73 Å². The van der Waals surface area contributed by atoms with Gasteiger partial charge in [0.25, 0.3) is 5.69 Å². The van der Waals surface area contributed by atoms with Crippen molar-refractivity contribution in [2.75, 3.05) is 5.73 Å². The number of nitro groups is 1. The molecule has 0 bridgehead atoms. The van der Waals surface area contributed by atoms with Crippen LogP contribution in [0.25, 0.3) is 0 Å². The van der Waals surface area contributed by atoms with E-state index in [-0.39, 0.29) is 5.69 Å². The van der Waals surface area contributed by atoms with Crippen LogP contribution >= 0.6 is 11.8 Å². The zero-order chi connectivity index (χ0) is 12.3. The van der Waals surface area contributed by atoms with Gasteiger partial charge >= 0.3 is 0 Å². The molecule has 0 aromatic heterocycles. The average molecular weight is 246 g/mol. The Morgan fingerprint density at radius 1 is 1.12 bits per heavy atom. The molecule has 0 aliphatic heterocycles. The summed E-state index contributed by atoms with van der Waals surface area (Å²) in [6.45, 7) is 0. The molecule has 2 N–H and O–H groups in total. The Morgan fingerprint density at radius 2 is 1.82 bits per heavy atom. The van der Waals surface area contributed by atoms with Crippen LogP contribution in [0.2, 0.25) is 0 Å². The molecule has 0 unspecified atom stereocenters. The van der Waals surface area contributed by atoms with Gasteiger partial charge in [0.2, 0.25) is 0 Å². The summed E-state index contributed by atoms with van der Waals surface area (Å²) >= 11 is 1.34. The number of nitrogen functional groups attached to an aromatic ring is 1. The summed E-state index contributed by atoms with van der Waals surface area (Å²) in [5.74, 6) is 0. The lowest BCUT2D eigenvalue weighted by Crippen LogP contribution is -1.93. The summed E-state index contributed by atoms with van der Waals surface area (Å²) in [5, 5.41) is 10.9. The van der Waals surface area contributed by atoms with Crippen LogP contribution in [0.15, 0.2) is 58.3 Å². The zero-order valence-electron chi connectivity index (χ0n) is 8.87. The molecule has 0 fully saturated rings. The molecule has 0 saturated heterocycles. The van der Waals surface area contributed by atoms with E-state index in [2.05, 4.69) is 0 Å². The molecule has 5 heteroatoms. The molecule has 0 spiro atoms.